The zero-order valence-corrected chi connectivity index (χ0v) is 16.1. The molecule has 144 valence electrons. The van der Waals surface area contributed by atoms with E-state index in [2.05, 4.69) is 4.90 Å². The number of carbonyl (C=O) groups is 1. The number of anilines is 1. The van der Waals surface area contributed by atoms with Gasteiger partial charge in [-0.2, -0.15) is 0 Å². The normalized spacial score (nSPS) is 14.0. The van der Waals surface area contributed by atoms with Crippen LogP contribution in [0, 0.1) is 6.92 Å². The van der Waals surface area contributed by atoms with Gasteiger partial charge >= 0.3 is 0 Å². The fourth-order valence-corrected chi connectivity index (χ4v) is 3.21. The minimum atomic E-state index is -0.0164. The quantitative estimate of drug-likeness (QED) is 0.783. The third-order valence-corrected chi connectivity index (χ3v) is 4.73. The van der Waals surface area contributed by atoms with Crippen LogP contribution >= 0.6 is 0 Å². The molecule has 6 heteroatoms. The van der Waals surface area contributed by atoms with E-state index in [1.165, 1.54) is 0 Å². The molecule has 1 aliphatic rings. The minimum Gasteiger partial charge on any atom is -0.495 e. The molecule has 0 aromatic heterocycles. The molecule has 27 heavy (non-hydrogen) atoms. The van der Waals surface area contributed by atoms with E-state index in [4.69, 9.17) is 14.2 Å². The predicted molar refractivity (Wildman–Crippen MR) is 105 cm³/mol. The molecule has 0 unspecified atom stereocenters. The number of piperazine rings is 1. The van der Waals surface area contributed by atoms with Crippen molar-refractivity contribution in [3.8, 4) is 17.2 Å². The van der Waals surface area contributed by atoms with Gasteiger partial charge in [0.25, 0.3) is 5.91 Å². The van der Waals surface area contributed by atoms with E-state index in [0.29, 0.717) is 24.6 Å². The second-order valence-corrected chi connectivity index (χ2v) is 6.48. The van der Waals surface area contributed by atoms with Crippen LogP contribution in [0.2, 0.25) is 0 Å². The van der Waals surface area contributed by atoms with E-state index >= 15 is 0 Å². The summed E-state index contributed by atoms with van der Waals surface area (Å²) in [5.41, 5.74) is 2.14. The Kier molecular flexibility index (Phi) is 6.06. The molecule has 1 amide bonds. The van der Waals surface area contributed by atoms with E-state index in [1.54, 1.807) is 14.2 Å². The van der Waals surface area contributed by atoms with Crippen LogP contribution in [0.3, 0.4) is 0 Å². The van der Waals surface area contributed by atoms with Crippen molar-refractivity contribution in [2.45, 2.75) is 6.92 Å². The molecule has 0 aliphatic carbocycles. The van der Waals surface area contributed by atoms with Crippen LogP contribution in [0.5, 0.6) is 17.2 Å². The van der Waals surface area contributed by atoms with Crippen molar-refractivity contribution in [1.82, 2.24) is 4.90 Å². The molecule has 0 radical (unpaired) electrons. The second kappa shape index (κ2) is 8.66. The molecule has 0 saturated carbocycles. The Morgan fingerprint density at radius 1 is 0.926 bits per heavy atom. The summed E-state index contributed by atoms with van der Waals surface area (Å²) in [7, 11) is 3.27. The van der Waals surface area contributed by atoms with E-state index in [0.717, 1.165) is 30.1 Å². The Bertz CT molecular complexity index is 786. The number of ether oxygens (including phenoxy) is 3. The highest BCUT2D eigenvalue weighted by atomic mass is 16.5. The molecular weight excluding hydrogens is 344 g/mol. The van der Waals surface area contributed by atoms with Crippen molar-refractivity contribution in [3.05, 3.63) is 48.0 Å². The molecule has 0 N–H and O–H groups in total. The monoisotopic (exact) mass is 370 g/mol. The number of para-hydroxylation sites is 2. The van der Waals surface area contributed by atoms with Gasteiger partial charge in [-0.05, 0) is 36.8 Å². The summed E-state index contributed by atoms with van der Waals surface area (Å²) in [6, 6.07) is 13.6. The van der Waals surface area contributed by atoms with E-state index in [1.807, 2.05) is 54.3 Å². The Hall–Kier alpha value is -2.89. The second-order valence-electron chi connectivity index (χ2n) is 6.48. The van der Waals surface area contributed by atoms with Gasteiger partial charge < -0.3 is 24.0 Å². The Morgan fingerprint density at radius 3 is 2.33 bits per heavy atom. The number of amides is 1. The maximum absolute atomic E-state index is 12.5. The van der Waals surface area contributed by atoms with Crippen LogP contribution in [-0.4, -0.2) is 57.8 Å². The standard InChI is InChI=1S/C21H26N2O4/c1-16-8-9-19(20(14-16)26-3)27-15-21(24)23-12-10-22(11-13-23)17-6-4-5-7-18(17)25-2/h4-9,14H,10-13,15H2,1-3H3. The van der Waals surface area contributed by atoms with Gasteiger partial charge in [0.1, 0.15) is 5.75 Å². The van der Waals surface area contributed by atoms with Crippen LogP contribution in [0.25, 0.3) is 0 Å². The molecule has 2 aromatic rings. The topological polar surface area (TPSA) is 51.2 Å². The van der Waals surface area contributed by atoms with E-state index in [9.17, 15) is 4.79 Å². The maximum Gasteiger partial charge on any atom is 0.260 e. The van der Waals surface area contributed by atoms with Gasteiger partial charge in [-0.3, -0.25) is 4.79 Å². The zero-order valence-electron chi connectivity index (χ0n) is 16.1. The number of methoxy groups -OCH3 is 2. The van der Waals surface area contributed by atoms with E-state index in [-0.39, 0.29) is 12.5 Å². The number of hydrogen-bond acceptors (Lipinski definition) is 5. The molecule has 1 saturated heterocycles. The van der Waals surface area contributed by atoms with Gasteiger partial charge in [0, 0.05) is 26.2 Å². The minimum absolute atomic E-state index is 0.00801. The lowest BCUT2D eigenvalue weighted by Crippen LogP contribution is -2.50. The van der Waals surface area contributed by atoms with E-state index < -0.39 is 0 Å². The van der Waals surface area contributed by atoms with Crippen molar-refractivity contribution in [2.75, 3.05) is 51.9 Å². The van der Waals surface area contributed by atoms with Gasteiger partial charge in [0.05, 0.1) is 19.9 Å². The summed E-state index contributed by atoms with van der Waals surface area (Å²) in [5.74, 6) is 2.07. The molecule has 0 bridgehead atoms. The first kappa shape index (κ1) is 18.9. The summed E-state index contributed by atoms with van der Waals surface area (Å²) in [6.07, 6.45) is 0. The zero-order chi connectivity index (χ0) is 19.2. The number of benzene rings is 2. The fraction of sp³-hybridized carbons (Fsp3) is 0.381. The molecule has 1 fully saturated rings. The number of aryl methyl sites for hydroxylation is 1. The number of carbonyl (C=O) groups excluding carboxylic acids is 1. The van der Waals surface area contributed by atoms with Gasteiger partial charge in [0.15, 0.2) is 18.1 Å². The van der Waals surface area contributed by atoms with Crippen molar-refractivity contribution in [3.63, 3.8) is 0 Å². The molecule has 3 rings (SSSR count). The largest absolute Gasteiger partial charge is 0.495 e. The molecule has 0 spiro atoms. The average molecular weight is 370 g/mol. The Morgan fingerprint density at radius 2 is 1.63 bits per heavy atom. The van der Waals surface area contributed by atoms with Crippen LogP contribution in [-0.2, 0) is 4.79 Å². The molecule has 0 atom stereocenters. The number of rotatable bonds is 6. The fourth-order valence-electron chi connectivity index (χ4n) is 3.21. The first-order chi connectivity index (χ1) is 13.1. The Labute approximate surface area is 160 Å². The predicted octanol–water partition coefficient (Wildman–Crippen LogP) is 2.74. The molecule has 1 heterocycles. The summed E-state index contributed by atoms with van der Waals surface area (Å²) in [4.78, 5) is 16.6. The lowest BCUT2D eigenvalue weighted by Gasteiger charge is -2.36. The first-order valence-corrected chi connectivity index (χ1v) is 9.05. The Balaban J connectivity index is 1.54. The van der Waals surface area contributed by atoms with Crippen LogP contribution in [0.4, 0.5) is 5.69 Å². The smallest absolute Gasteiger partial charge is 0.260 e. The summed E-state index contributed by atoms with van der Waals surface area (Å²) in [5, 5.41) is 0. The number of nitrogens with zero attached hydrogens (tertiary/aromatic N) is 2. The highest BCUT2D eigenvalue weighted by Crippen LogP contribution is 2.29. The van der Waals surface area contributed by atoms with Crippen LogP contribution in [0.1, 0.15) is 5.56 Å². The van der Waals surface area contributed by atoms with Gasteiger partial charge in [-0.25, -0.2) is 0 Å². The molecule has 1 aliphatic heterocycles. The average Bonchev–Trinajstić information content (AvgIpc) is 2.72. The summed E-state index contributed by atoms with van der Waals surface area (Å²) in [6.45, 7) is 4.84. The molecular formula is C21H26N2O4. The highest BCUT2D eigenvalue weighted by molar-refractivity contribution is 5.78. The third-order valence-electron chi connectivity index (χ3n) is 4.73. The van der Waals surface area contributed by atoms with Crippen molar-refractivity contribution in [1.29, 1.82) is 0 Å². The first-order valence-electron chi connectivity index (χ1n) is 9.05. The molecule has 2 aromatic carbocycles. The lowest BCUT2D eigenvalue weighted by atomic mass is 10.2. The highest BCUT2D eigenvalue weighted by Gasteiger charge is 2.23. The van der Waals surface area contributed by atoms with Crippen LogP contribution in [0.15, 0.2) is 42.5 Å². The summed E-state index contributed by atoms with van der Waals surface area (Å²) >= 11 is 0. The van der Waals surface area contributed by atoms with Gasteiger partial charge in [-0.1, -0.05) is 18.2 Å². The third kappa shape index (κ3) is 4.45. The lowest BCUT2D eigenvalue weighted by molar-refractivity contribution is -0.133. The number of hydrogen-bond donors (Lipinski definition) is 0. The molecule has 6 nitrogen and oxygen atoms in total. The van der Waals surface area contributed by atoms with Crippen molar-refractivity contribution < 1.29 is 19.0 Å². The van der Waals surface area contributed by atoms with Gasteiger partial charge in [-0.15, -0.1) is 0 Å². The SMILES string of the molecule is COc1cc(C)ccc1OCC(=O)N1CCN(c2ccccc2OC)CC1. The van der Waals surface area contributed by atoms with Crippen LogP contribution < -0.4 is 19.1 Å². The van der Waals surface area contributed by atoms with Gasteiger partial charge in [0.2, 0.25) is 0 Å². The summed E-state index contributed by atoms with van der Waals surface area (Å²) < 4.78 is 16.5. The maximum atomic E-state index is 12.5. The van der Waals surface area contributed by atoms with Crippen molar-refractivity contribution in [2.24, 2.45) is 0 Å². The van der Waals surface area contributed by atoms with Crippen molar-refractivity contribution >= 4 is 11.6 Å².